The van der Waals surface area contributed by atoms with Gasteiger partial charge in [0, 0.05) is 21.7 Å². The van der Waals surface area contributed by atoms with Gasteiger partial charge in [0.05, 0.1) is 0 Å². The average Bonchev–Trinajstić information content (AvgIpc) is 2.21. The maximum atomic E-state index is 12.0. The minimum atomic E-state index is -4.04. The Morgan fingerprint density at radius 1 is 1.33 bits per heavy atom. The molecular formula is C13H17F3IN. The van der Waals surface area contributed by atoms with Crippen LogP contribution in [0, 0.1) is 10.5 Å². The maximum absolute atomic E-state index is 12.0. The van der Waals surface area contributed by atoms with Crippen molar-refractivity contribution in [1.29, 1.82) is 0 Å². The number of benzene rings is 1. The third kappa shape index (κ3) is 5.93. The lowest BCUT2D eigenvalue weighted by molar-refractivity contribution is -0.135. The predicted molar refractivity (Wildman–Crippen MR) is 76.9 cm³/mol. The van der Waals surface area contributed by atoms with Crippen molar-refractivity contribution in [2.45, 2.75) is 45.3 Å². The number of anilines is 1. The Morgan fingerprint density at radius 3 is 2.56 bits per heavy atom. The highest BCUT2D eigenvalue weighted by atomic mass is 127. The molecule has 1 unspecified atom stereocenters. The van der Waals surface area contributed by atoms with Gasteiger partial charge in [0.2, 0.25) is 0 Å². The van der Waals surface area contributed by atoms with E-state index >= 15 is 0 Å². The smallest absolute Gasteiger partial charge is 0.383 e. The average molecular weight is 371 g/mol. The molecule has 0 radical (unpaired) electrons. The Hall–Kier alpha value is -0.460. The highest BCUT2D eigenvalue weighted by Crippen LogP contribution is 2.23. The van der Waals surface area contributed by atoms with Gasteiger partial charge in [-0.15, -0.1) is 0 Å². The van der Waals surface area contributed by atoms with Crippen LogP contribution in [0.15, 0.2) is 18.2 Å². The number of alkyl halides is 3. The van der Waals surface area contributed by atoms with Crippen molar-refractivity contribution >= 4 is 28.3 Å². The molecule has 1 N–H and O–H groups in total. The van der Waals surface area contributed by atoms with Crippen molar-refractivity contribution in [3.63, 3.8) is 0 Å². The second-order valence-electron chi connectivity index (χ2n) is 4.52. The summed E-state index contributed by atoms with van der Waals surface area (Å²) in [7, 11) is 0. The van der Waals surface area contributed by atoms with E-state index in [1.165, 1.54) is 5.56 Å². The molecule has 0 amide bonds. The summed E-state index contributed by atoms with van der Waals surface area (Å²) >= 11 is 2.25. The van der Waals surface area contributed by atoms with Crippen molar-refractivity contribution < 1.29 is 13.2 Å². The second kappa shape index (κ2) is 6.63. The summed E-state index contributed by atoms with van der Waals surface area (Å²) < 4.78 is 37.2. The number of aryl methyl sites for hydroxylation is 1. The van der Waals surface area contributed by atoms with Crippen LogP contribution in [0.5, 0.6) is 0 Å². The van der Waals surface area contributed by atoms with Gasteiger partial charge >= 0.3 is 6.18 Å². The zero-order valence-corrected chi connectivity index (χ0v) is 12.6. The molecule has 1 nitrogen and oxygen atoms in total. The van der Waals surface area contributed by atoms with Crippen molar-refractivity contribution in [3.8, 4) is 0 Å². The Kier molecular flexibility index (Phi) is 5.75. The summed E-state index contributed by atoms with van der Waals surface area (Å²) in [5, 5.41) is 3.22. The normalized spacial score (nSPS) is 13.4. The summed E-state index contributed by atoms with van der Waals surface area (Å²) in [6, 6.07) is 6.02. The first-order valence-electron chi connectivity index (χ1n) is 5.87. The quantitative estimate of drug-likeness (QED) is 0.708. The van der Waals surface area contributed by atoms with E-state index in [4.69, 9.17) is 0 Å². The third-order valence-electron chi connectivity index (χ3n) is 2.68. The van der Waals surface area contributed by atoms with E-state index in [1.54, 1.807) is 0 Å². The molecule has 5 heteroatoms. The second-order valence-corrected chi connectivity index (χ2v) is 5.68. The molecule has 0 aromatic heterocycles. The molecule has 1 aromatic rings. The SMILES string of the molecule is Cc1ccc(NC(C)CCCC(F)(F)F)cc1I. The van der Waals surface area contributed by atoms with Crippen molar-refractivity contribution in [1.82, 2.24) is 0 Å². The first-order chi connectivity index (χ1) is 8.28. The van der Waals surface area contributed by atoms with E-state index < -0.39 is 12.6 Å². The van der Waals surface area contributed by atoms with Crippen LogP contribution in [0.3, 0.4) is 0 Å². The fraction of sp³-hybridized carbons (Fsp3) is 0.538. The molecule has 102 valence electrons. The van der Waals surface area contributed by atoms with Gasteiger partial charge in [-0.05, 0) is 67.0 Å². The van der Waals surface area contributed by atoms with E-state index in [0.29, 0.717) is 6.42 Å². The third-order valence-corrected chi connectivity index (χ3v) is 3.84. The van der Waals surface area contributed by atoms with Crippen LogP contribution in [0.2, 0.25) is 0 Å². The fourth-order valence-corrected chi connectivity index (χ4v) is 2.16. The number of hydrogen-bond donors (Lipinski definition) is 1. The van der Waals surface area contributed by atoms with Crippen LogP contribution < -0.4 is 5.32 Å². The van der Waals surface area contributed by atoms with Crippen LogP contribution in [0.25, 0.3) is 0 Å². The Morgan fingerprint density at radius 2 is 2.00 bits per heavy atom. The van der Waals surface area contributed by atoms with Crippen molar-refractivity contribution in [2.24, 2.45) is 0 Å². The lowest BCUT2D eigenvalue weighted by Gasteiger charge is -2.16. The molecule has 0 aliphatic rings. The molecule has 1 atom stereocenters. The first-order valence-corrected chi connectivity index (χ1v) is 6.95. The largest absolute Gasteiger partial charge is 0.389 e. The van der Waals surface area contributed by atoms with E-state index in [9.17, 15) is 13.2 Å². The lowest BCUT2D eigenvalue weighted by atomic mass is 10.1. The molecule has 1 rings (SSSR count). The van der Waals surface area contributed by atoms with Gasteiger partial charge in [0.25, 0.3) is 0 Å². The molecule has 0 spiro atoms. The lowest BCUT2D eigenvalue weighted by Crippen LogP contribution is -2.16. The van der Waals surface area contributed by atoms with Crippen LogP contribution in [-0.4, -0.2) is 12.2 Å². The summed E-state index contributed by atoms with van der Waals surface area (Å²) in [5.41, 5.74) is 2.16. The summed E-state index contributed by atoms with van der Waals surface area (Å²) in [6.45, 7) is 3.93. The summed E-state index contributed by atoms with van der Waals surface area (Å²) in [5.74, 6) is 0. The Bertz CT molecular complexity index is 390. The standard InChI is InChI=1S/C13H17F3IN/c1-9-5-6-11(8-12(9)17)18-10(2)4-3-7-13(14,15)16/h5-6,8,10,18H,3-4,7H2,1-2H3. The van der Waals surface area contributed by atoms with E-state index in [2.05, 4.69) is 27.9 Å². The van der Waals surface area contributed by atoms with Crippen molar-refractivity contribution in [2.75, 3.05) is 5.32 Å². The van der Waals surface area contributed by atoms with Gasteiger partial charge in [-0.3, -0.25) is 0 Å². The molecule has 1 aromatic carbocycles. The van der Waals surface area contributed by atoms with Gasteiger partial charge in [0.1, 0.15) is 0 Å². The molecular weight excluding hydrogens is 354 g/mol. The number of halogens is 4. The highest BCUT2D eigenvalue weighted by molar-refractivity contribution is 14.1. The van der Waals surface area contributed by atoms with E-state index in [-0.39, 0.29) is 12.5 Å². The van der Waals surface area contributed by atoms with Crippen LogP contribution >= 0.6 is 22.6 Å². The highest BCUT2D eigenvalue weighted by Gasteiger charge is 2.26. The molecule has 0 saturated heterocycles. The minimum Gasteiger partial charge on any atom is -0.383 e. The van der Waals surface area contributed by atoms with Gasteiger partial charge in [0.15, 0.2) is 0 Å². The molecule has 0 aliphatic carbocycles. The van der Waals surface area contributed by atoms with Gasteiger partial charge in [-0.1, -0.05) is 6.07 Å². The van der Waals surface area contributed by atoms with Crippen LogP contribution in [0.1, 0.15) is 31.7 Å². The monoisotopic (exact) mass is 371 g/mol. The molecule has 18 heavy (non-hydrogen) atoms. The zero-order valence-electron chi connectivity index (χ0n) is 10.4. The van der Waals surface area contributed by atoms with Gasteiger partial charge in [-0.2, -0.15) is 13.2 Å². The minimum absolute atomic E-state index is 0.0471. The zero-order chi connectivity index (χ0) is 13.8. The first kappa shape index (κ1) is 15.6. The Balaban J connectivity index is 2.40. The number of hydrogen-bond acceptors (Lipinski definition) is 1. The summed E-state index contributed by atoms with van der Waals surface area (Å²) in [6.07, 6.45) is -4.06. The molecule has 0 saturated carbocycles. The van der Waals surface area contributed by atoms with E-state index in [0.717, 1.165) is 9.26 Å². The molecule has 0 bridgehead atoms. The predicted octanol–water partition coefficient (Wildman–Crippen LogP) is 5.13. The van der Waals surface area contributed by atoms with E-state index in [1.807, 2.05) is 32.0 Å². The summed E-state index contributed by atoms with van der Waals surface area (Å²) in [4.78, 5) is 0. The number of rotatable bonds is 5. The van der Waals surface area contributed by atoms with Crippen LogP contribution in [-0.2, 0) is 0 Å². The number of nitrogens with one attached hydrogen (secondary N) is 1. The Labute approximate surface area is 119 Å². The fourth-order valence-electron chi connectivity index (χ4n) is 1.65. The molecule has 0 heterocycles. The van der Waals surface area contributed by atoms with Gasteiger partial charge < -0.3 is 5.32 Å². The van der Waals surface area contributed by atoms with Gasteiger partial charge in [-0.25, -0.2) is 0 Å². The topological polar surface area (TPSA) is 12.0 Å². The van der Waals surface area contributed by atoms with Crippen molar-refractivity contribution in [3.05, 3.63) is 27.3 Å². The molecule has 0 fully saturated rings. The van der Waals surface area contributed by atoms with Crippen LogP contribution in [0.4, 0.5) is 18.9 Å². The molecule has 0 aliphatic heterocycles. The maximum Gasteiger partial charge on any atom is 0.389 e.